The lowest BCUT2D eigenvalue weighted by molar-refractivity contribution is -0.148. The molecule has 1 amide bonds. The Balaban J connectivity index is 2.05. The van der Waals surface area contributed by atoms with Crippen molar-refractivity contribution in [3.63, 3.8) is 0 Å². The van der Waals surface area contributed by atoms with Gasteiger partial charge in [0.1, 0.15) is 0 Å². The molecule has 2 aromatic rings. The number of rotatable bonds is 7. The summed E-state index contributed by atoms with van der Waals surface area (Å²) in [6, 6.07) is 4.81. The molecule has 1 unspecified atom stereocenters. The largest absolute Gasteiger partial charge is 0.493 e. The van der Waals surface area contributed by atoms with Crippen LogP contribution in [0.1, 0.15) is 28.7 Å². The fourth-order valence-corrected chi connectivity index (χ4v) is 2.63. The number of anilines is 1. The molecule has 9 nitrogen and oxygen atoms in total. The molecule has 0 aliphatic rings. The number of benzene rings is 1. The van der Waals surface area contributed by atoms with Crippen LogP contribution >= 0.6 is 0 Å². The molecule has 0 spiro atoms. The maximum Gasteiger partial charge on any atom is 0.380 e. The monoisotopic (exact) mass is 389 g/mol. The number of aromatic nitrogens is 2. The van der Waals surface area contributed by atoms with Crippen LogP contribution in [-0.2, 0) is 21.4 Å². The van der Waals surface area contributed by atoms with Crippen LogP contribution in [0, 0.1) is 13.8 Å². The maximum absolute atomic E-state index is 12.4. The molecule has 0 bridgehead atoms. The number of carbonyl (C=O) groups is 3. The van der Waals surface area contributed by atoms with E-state index >= 15 is 0 Å². The van der Waals surface area contributed by atoms with Gasteiger partial charge in [-0.1, -0.05) is 0 Å². The van der Waals surface area contributed by atoms with E-state index in [4.69, 9.17) is 14.2 Å². The van der Waals surface area contributed by atoms with Gasteiger partial charge in [0.25, 0.3) is 11.7 Å². The lowest BCUT2D eigenvalue weighted by Gasteiger charge is -2.14. The summed E-state index contributed by atoms with van der Waals surface area (Å²) in [5.41, 5.74) is 1.57. The molecule has 28 heavy (non-hydrogen) atoms. The van der Waals surface area contributed by atoms with Gasteiger partial charge >= 0.3 is 5.97 Å². The Labute approximate surface area is 162 Å². The number of hydrogen-bond acceptors (Lipinski definition) is 7. The van der Waals surface area contributed by atoms with Gasteiger partial charge in [0.15, 0.2) is 17.6 Å². The average Bonchev–Trinajstić information content (AvgIpc) is 2.92. The van der Waals surface area contributed by atoms with Gasteiger partial charge in [0, 0.05) is 24.5 Å². The molecule has 0 aliphatic carbocycles. The zero-order valence-corrected chi connectivity index (χ0v) is 16.7. The Hall–Kier alpha value is -3.36. The number of aryl methyl sites for hydroxylation is 2. The summed E-state index contributed by atoms with van der Waals surface area (Å²) in [6.07, 6.45) is -1.18. The van der Waals surface area contributed by atoms with Crippen molar-refractivity contribution in [2.75, 3.05) is 19.5 Å². The minimum atomic E-state index is -1.18. The fourth-order valence-electron chi connectivity index (χ4n) is 2.63. The zero-order valence-electron chi connectivity index (χ0n) is 16.7. The van der Waals surface area contributed by atoms with Crippen molar-refractivity contribution in [1.29, 1.82) is 0 Å². The lowest BCUT2D eigenvalue weighted by Crippen LogP contribution is -2.32. The van der Waals surface area contributed by atoms with E-state index in [9.17, 15) is 14.4 Å². The Morgan fingerprint density at radius 3 is 2.29 bits per heavy atom. The van der Waals surface area contributed by atoms with Crippen molar-refractivity contribution in [2.24, 2.45) is 7.05 Å². The van der Waals surface area contributed by atoms with Crippen LogP contribution in [0.15, 0.2) is 18.2 Å². The molecule has 9 heteroatoms. The Morgan fingerprint density at radius 2 is 1.75 bits per heavy atom. The molecule has 1 aromatic carbocycles. The number of nitrogens with zero attached hydrogens (tertiary/aromatic N) is 2. The molecular weight excluding hydrogens is 366 g/mol. The molecule has 1 aromatic heterocycles. The fraction of sp³-hybridized carbons (Fsp3) is 0.368. The second-order valence-electron chi connectivity index (χ2n) is 6.11. The summed E-state index contributed by atoms with van der Waals surface area (Å²) in [6.45, 7) is 4.68. The first-order valence-corrected chi connectivity index (χ1v) is 8.48. The lowest BCUT2D eigenvalue weighted by atomic mass is 10.1. The summed E-state index contributed by atoms with van der Waals surface area (Å²) in [5.74, 6) is -1.61. The van der Waals surface area contributed by atoms with Crippen LogP contribution in [0.3, 0.4) is 0 Å². The van der Waals surface area contributed by atoms with Crippen LogP contribution < -0.4 is 14.8 Å². The van der Waals surface area contributed by atoms with E-state index in [1.807, 2.05) is 0 Å². The first kappa shape index (κ1) is 20.9. The molecule has 0 aliphatic heterocycles. The Kier molecular flexibility index (Phi) is 6.40. The average molecular weight is 389 g/mol. The summed E-state index contributed by atoms with van der Waals surface area (Å²) in [7, 11) is 4.64. The van der Waals surface area contributed by atoms with Gasteiger partial charge in [0.2, 0.25) is 0 Å². The highest BCUT2D eigenvalue weighted by Gasteiger charge is 2.28. The number of ketones is 1. The molecule has 1 N–H and O–H groups in total. The van der Waals surface area contributed by atoms with Crippen molar-refractivity contribution in [1.82, 2.24) is 9.78 Å². The van der Waals surface area contributed by atoms with E-state index in [-0.39, 0.29) is 5.56 Å². The number of hydrogen-bond donors (Lipinski definition) is 1. The predicted molar refractivity (Wildman–Crippen MR) is 101 cm³/mol. The molecule has 1 heterocycles. The normalized spacial score (nSPS) is 11.5. The van der Waals surface area contributed by atoms with Crippen LogP contribution in [0.4, 0.5) is 5.69 Å². The zero-order chi connectivity index (χ0) is 21.0. The quantitative estimate of drug-likeness (QED) is 0.437. The van der Waals surface area contributed by atoms with Gasteiger partial charge in [-0.05, 0) is 32.9 Å². The maximum atomic E-state index is 12.4. The summed E-state index contributed by atoms with van der Waals surface area (Å²) >= 11 is 0. The third-order valence-corrected chi connectivity index (χ3v) is 4.23. The molecule has 0 radical (unpaired) electrons. The topological polar surface area (TPSA) is 109 Å². The van der Waals surface area contributed by atoms with Gasteiger partial charge in [-0.3, -0.25) is 14.3 Å². The highest BCUT2D eigenvalue weighted by molar-refractivity contribution is 6.41. The second kappa shape index (κ2) is 8.55. The summed E-state index contributed by atoms with van der Waals surface area (Å²) < 4.78 is 16.8. The van der Waals surface area contributed by atoms with Gasteiger partial charge in [-0.2, -0.15) is 5.10 Å². The van der Waals surface area contributed by atoms with Crippen molar-refractivity contribution >= 4 is 23.3 Å². The van der Waals surface area contributed by atoms with Crippen molar-refractivity contribution in [2.45, 2.75) is 26.9 Å². The molecule has 0 saturated heterocycles. The number of Topliss-reactive ketones (excluding diaryl/α,β-unsaturated/α-hetero) is 1. The number of methoxy groups -OCH3 is 2. The van der Waals surface area contributed by atoms with E-state index in [1.165, 1.54) is 25.8 Å². The minimum absolute atomic E-state index is 0.181. The first-order chi connectivity index (χ1) is 13.2. The van der Waals surface area contributed by atoms with Gasteiger partial charge in [0.05, 0.1) is 25.5 Å². The SMILES string of the molecule is COc1ccc(NC(=O)C(C)OC(=O)C(=O)c2c(C)nn(C)c2C)cc1OC. The van der Waals surface area contributed by atoms with E-state index in [2.05, 4.69) is 10.4 Å². The first-order valence-electron chi connectivity index (χ1n) is 8.48. The number of amides is 1. The van der Waals surface area contributed by atoms with Crippen LogP contribution in [0.25, 0.3) is 0 Å². The Morgan fingerprint density at radius 1 is 1.11 bits per heavy atom. The van der Waals surface area contributed by atoms with Crippen LogP contribution in [0.2, 0.25) is 0 Å². The molecule has 150 valence electrons. The van der Waals surface area contributed by atoms with E-state index in [0.29, 0.717) is 28.6 Å². The highest BCUT2D eigenvalue weighted by atomic mass is 16.6. The Bertz CT molecular complexity index is 919. The van der Waals surface area contributed by atoms with Gasteiger partial charge in [-0.15, -0.1) is 0 Å². The van der Waals surface area contributed by atoms with Crippen molar-refractivity contribution < 1.29 is 28.6 Å². The molecule has 2 rings (SSSR count). The summed E-state index contributed by atoms with van der Waals surface area (Å²) in [5, 5.41) is 6.70. The number of carbonyl (C=O) groups excluding carboxylic acids is 3. The minimum Gasteiger partial charge on any atom is -0.493 e. The van der Waals surface area contributed by atoms with Crippen LogP contribution in [0.5, 0.6) is 11.5 Å². The number of ether oxygens (including phenoxy) is 3. The van der Waals surface area contributed by atoms with Crippen LogP contribution in [-0.4, -0.2) is 47.8 Å². The van der Waals surface area contributed by atoms with E-state index < -0.39 is 23.8 Å². The molecule has 1 atom stereocenters. The van der Waals surface area contributed by atoms with E-state index in [0.717, 1.165) is 0 Å². The number of esters is 1. The smallest absolute Gasteiger partial charge is 0.380 e. The van der Waals surface area contributed by atoms with Gasteiger partial charge < -0.3 is 19.5 Å². The molecule has 0 fully saturated rings. The predicted octanol–water partition coefficient (Wildman–Crippen LogP) is 1.81. The number of nitrogens with one attached hydrogen (secondary N) is 1. The van der Waals surface area contributed by atoms with E-state index in [1.54, 1.807) is 39.1 Å². The third kappa shape index (κ3) is 4.30. The second-order valence-corrected chi connectivity index (χ2v) is 6.11. The highest BCUT2D eigenvalue weighted by Crippen LogP contribution is 2.29. The van der Waals surface area contributed by atoms with Gasteiger partial charge in [-0.25, -0.2) is 4.79 Å². The summed E-state index contributed by atoms with van der Waals surface area (Å²) in [4.78, 5) is 36.9. The van der Waals surface area contributed by atoms with Crippen molar-refractivity contribution in [3.05, 3.63) is 35.2 Å². The van der Waals surface area contributed by atoms with Crippen molar-refractivity contribution in [3.8, 4) is 11.5 Å². The standard InChI is InChI=1S/C19H23N3O6/c1-10-16(11(2)22(4)21-10)17(23)19(25)28-12(3)18(24)20-13-7-8-14(26-5)15(9-13)27-6/h7-9,12H,1-6H3,(H,20,24). The molecule has 0 saturated carbocycles. The molecular formula is C19H23N3O6. The third-order valence-electron chi connectivity index (χ3n) is 4.23.